The highest BCUT2D eigenvalue weighted by molar-refractivity contribution is 5.09. The molecule has 1 heterocycles. The van der Waals surface area contributed by atoms with Crippen molar-refractivity contribution in [1.82, 2.24) is 15.0 Å². The summed E-state index contributed by atoms with van der Waals surface area (Å²) in [7, 11) is 0. The highest BCUT2D eigenvalue weighted by atomic mass is 16.3. The third kappa shape index (κ3) is 3.22. The molecule has 0 spiro atoms. The van der Waals surface area contributed by atoms with Crippen LogP contribution in [0.2, 0.25) is 0 Å². The molecule has 0 radical (unpaired) electrons. The molecular formula is C16H29N3O. The van der Waals surface area contributed by atoms with Crippen LogP contribution in [0.5, 0.6) is 0 Å². The van der Waals surface area contributed by atoms with E-state index >= 15 is 0 Å². The summed E-state index contributed by atoms with van der Waals surface area (Å²) in [5.74, 6) is 0.687. The normalized spacial score (nSPS) is 28.4. The van der Waals surface area contributed by atoms with Gasteiger partial charge in [-0.2, -0.15) is 0 Å². The number of aryl methyl sites for hydroxylation is 1. The number of hydrogen-bond acceptors (Lipinski definition) is 3. The van der Waals surface area contributed by atoms with Gasteiger partial charge in [-0.25, -0.2) is 4.68 Å². The van der Waals surface area contributed by atoms with Crippen molar-refractivity contribution in [2.45, 2.75) is 78.4 Å². The molecule has 1 aromatic heterocycles. The highest BCUT2D eigenvalue weighted by Crippen LogP contribution is 2.43. The Morgan fingerprint density at radius 3 is 2.75 bits per heavy atom. The number of nitrogens with zero attached hydrogens (tertiary/aromatic N) is 3. The second-order valence-electron chi connectivity index (χ2n) is 7.37. The van der Waals surface area contributed by atoms with Crippen LogP contribution in [0.15, 0.2) is 6.20 Å². The Kier molecular flexibility index (Phi) is 4.52. The van der Waals surface area contributed by atoms with Gasteiger partial charge in [-0.05, 0) is 49.9 Å². The average molecular weight is 279 g/mol. The summed E-state index contributed by atoms with van der Waals surface area (Å²) in [5.41, 5.74) is 0.500. The van der Waals surface area contributed by atoms with Crippen molar-refractivity contribution in [3.63, 3.8) is 0 Å². The van der Waals surface area contributed by atoms with Crippen molar-refractivity contribution in [2.24, 2.45) is 11.3 Å². The van der Waals surface area contributed by atoms with E-state index in [-0.39, 0.29) is 0 Å². The van der Waals surface area contributed by atoms with E-state index in [0.717, 1.165) is 44.3 Å². The molecule has 0 aliphatic heterocycles. The molecule has 114 valence electrons. The molecule has 4 heteroatoms. The fourth-order valence-electron chi connectivity index (χ4n) is 3.44. The topological polar surface area (TPSA) is 50.9 Å². The zero-order chi connectivity index (χ0) is 14.8. The Bertz CT molecular complexity index is 435. The van der Waals surface area contributed by atoms with E-state index in [1.807, 2.05) is 4.68 Å². The van der Waals surface area contributed by atoms with Gasteiger partial charge < -0.3 is 5.11 Å². The van der Waals surface area contributed by atoms with Crippen LogP contribution in [0.1, 0.15) is 71.9 Å². The minimum Gasteiger partial charge on any atom is -0.384 e. The molecule has 2 rings (SSSR count). The van der Waals surface area contributed by atoms with Gasteiger partial charge in [0.2, 0.25) is 0 Å². The van der Waals surface area contributed by atoms with E-state index in [9.17, 15) is 5.11 Å². The fourth-order valence-corrected chi connectivity index (χ4v) is 3.44. The van der Waals surface area contributed by atoms with E-state index in [1.54, 1.807) is 6.20 Å². The maximum Gasteiger partial charge on any atom is 0.108 e. The van der Waals surface area contributed by atoms with Crippen LogP contribution in [0.3, 0.4) is 0 Å². The van der Waals surface area contributed by atoms with Gasteiger partial charge in [0.05, 0.1) is 11.9 Å². The Labute approximate surface area is 122 Å². The standard InChI is InChI=1S/C16H29N3O/c1-5-11-19-14(12-17-18-19)16(20)9-6-7-13(8-10-16)15(2,3)4/h12-13,20H,5-11H2,1-4H3. The van der Waals surface area contributed by atoms with Crippen molar-refractivity contribution < 1.29 is 5.11 Å². The lowest BCUT2D eigenvalue weighted by Gasteiger charge is -2.31. The second kappa shape index (κ2) is 5.84. The van der Waals surface area contributed by atoms with Crippen molar-refractivity contribution in [3.8, 4) is 0 Å². The lowest BCUT2D eigenvalue weighted by atomic mass is 9.76. The predicted octanol–water partition coefficient (Wildman–Crippen LogP) is 3.50. The van der Waals surface area contributed by atoms with Crippen molar-refractivity contribution >= 4 is 0 Å². The smallest absolute Gasteiger partial charge is 0.108 e. The SMILES string of the molecule is CCCn1nncc1C1(O)CCCC(C(C)(C)C)CC1. The largest absolute Gasteiger partial charge is 0.384 e. The molecule has 1 aliphatic rings. The summed E-state index contributed by atoms with van der Waals surface area (Å²) in [4.78, 5) is 0. The molecule has 1 saturated carbocycles. The Hall–Kier alpha value is -0.900. The molecule has 2 atom stereocenters. The van der Waals surface area contributed by atoms with Gasteiger partial charge in [-0.15, -0.1) is 5.10 Å². The van der Waals surface area contributed by atoms with Crippen LogP contribution in [-0.4, -0.2) is 20.1 Å². The molecule has 0 amide bonds. The number of hydrogen-bond donors (Lipinski definition) is 1. The van der Waals surface area contributed by atoms with E-state index in [2.05, 4.69) is 38.0 Å². The minimum absolute atomic E-state index is 0.327. The lowest BCUT2D eigenvalue weighted by molar-refractivity contribution is 0.00920. The van der Waals surface area contributed by atoms with Gasteiger partial charge in [-0.1, -0.05) is 32.9 Å². The molecule has 20 heavy (non-hydrogen) atoms. The van der Waals surface area contributed by atoms with Gasteiger partial charge in [0.25, 0.3) is 0 Å². The van der Waals surface area contributed by atoms with E-state index in [0.29, 0.717) is 11.3 Å². The third-order valence-electron chi connectivity index (χ3n) is 4.80. The number of aromatic nitrogens is 3. The molecule has 0 saturated heterocycles. The maximum absolute atomic E-state index is 11.1. The first-order chi connectivity index (χ1) is 9.37. The van der Waals surface area contributed by atoms with Crippen LogP contribution in [0.25, 0.3) is 0 Å². The van der Waals surface area contributed by atoms with Crippen LogP contribution < -0.4 is 0 Å². The summed E-state index contributed by atoms with van der Waals surface area (Å²) in [6.45, 7) is 9.89. The molecule has 1 aromatic rings. The molecule has 0 aromatic carbocycles. The fraction of sp³-hybridized carbons (Fsp3) is 0.875. The first kappa shape index (κ1) is 15.5. The van der Waals surface area contributed by atoms with Gasteiger partial charge in [0, 0.05) is 6.54 Å². The summed E-state index contributed by atoms with van der Waals surface area (Å²) >= 11 is 0. The average Bonchev–Trinajstić information content (AvgIpc) is 2.72. The van der Waals surface area contributed by atoms with Crippen molar-refractivity contribution in [2.75, 3.05) is 0 Å². The summed E-state index contributed by atoms with van der Waals surface area (Å²) < 4.78 is 1.89. The second-order valence-corrected chi connectivity index (χ2v) is 7.37. The number of rotatable bonds is 3. The van der Waals surface area contributed by atoms with E-state index < -0.39 is 5.60 Å². The van der Waals surface area contributed by atoms with Gasteiger partial charge in [0.1, 0.15) is 5.60 Å². The van der Waals surface area contributed by atoms with Gasteiger partial charge >= 0.3 is 0 Å². The molecular weight excluding hydrogens is 250 g/mol. The first-order valence-electron chi connectivity index (χ1n) is 7.98. The quantitative estimate of drug-likeness (QED) is 0.862. The van der Waals surface area contributed by atoms with Crippen molar-refractivity contribution in [3.05, 3.63) is 11.9 Å². The maximum atomic E-state index is 11.1. The Morgan fingerprint density at radius 2 is 2.10 bits per heavy atom. The van der Waals surface area contributed by atoms with Gasteiger partial charge in [-0.3, -0.25) is 0 Å². The highest BCUT2D eigenvalue weighted by Gasteiger charge is 2.38. The summed E-state index contributed by atoms with van der Waals surface area (Å²) in [6, 6.07) is 0. The van der Waals surface area contributed by atoms with Crippen LogP contribution >= 0.6 is 0 Å². The molecule has 1 aliphatic carbocycles. The monoisotopic (exact) mass is 279 g/mol. The molecule has 2 unspecified atom stereocenters. The summed E-state index contributed by atoms with van der Waals surface area (Å²) in [5, 5.41) is 19.2. The van der Waals surface area contributed by atoms with Gasteiger partial charge in [0.15, 0.2) is 0 Å². The van der Waals surface area contributed by atoms with Crippen LogP contribution in [-0.2, 0) is 12.1 Å². The third-order valence-corrected chi connectivity index (χ3v) is 4.80. The predicted molar refractivity (Wildman–Crippen MR) is 80.2 cm³/mol. The zero-order valence-electron chi connectivity index (χ0n) is 13.4. The van der Waals surface area contributed by atoms with E-state index in [4.69, 9.17) is 0 Å². The summed E-state index contributed by atoms with van der Waals surface area (Å²) in [6.07, 6.45) is 7.79. The molecule has 0 bridgehead atoms. The lowest BCUT2D eigenvalue weighted by Crippen LogP contribution is -2.29. The first-order valence-corrected chi connectivity index (χ1v) is 7.98. The van der Waals surface area contributed by atoms with Crippen molar-refractivity contribution in [1.29, 1.82) is 0 Å². The molecule has 4 nitrogen and oxygen atoms in total. The van der Waals surface area contributed by atoms with Crippen LogP contribution in [0, 0.1) is 11.3 Å². The van der Waals surface area contributed by atoms with Crippen LogP contribution in [0.4, 0.5) is 0 Å². The Balaban J connectivity index is 2.17. The Morgan fingerprint density at radius 1 is 1.35 bits per heavy atom. The molecule has 1 N–H and O–H groups in total. The van der Waals surface area contributed by atoms with E-state index in [1.165, 1.54) is 6.42 Å². The number of aliphatic hydroxyl groups is 1. The minimum atomic E-state index is -0.737. The zero-order valence-corrected chi connectivity index (χ0v) is 13.4. The molecule has 1 fully saturated rings.